The number of hydrogen-bond acceptors (Lipinski definition) is 4. The smallest absolute Gasteiger partial charge is 0.423 e. The number of aromatic nitrogens is 1. The molecule has 0 saturated heterocycles. The lowest BCUT2D eigenvalue weighted by molar-refractivity contribution is -0.138. The van der Waals surface area contributed by atoms with Crippen molar-refractivity contribution in [1.82, 2.24) is 10.4 Å². The fraction of sp³-hybridized carbons (Fsp3) is 0.368. The second-order valence-corrected chi connectivity index (χ2v) is 6.46. The molecule has 1 amide bonds. The van der Waals surface area contributed by atoms with Crippen LogP contribution in [-0.4, -0.2) is 10.9 Å². The highest BCUT2D eigenvalue weighted by atomic mass is 19.4. The number of ether oxygens (including phenoxy) is 1. The van der Waals surface area contributed by atoms with Crippen LogP contribution in [-0.2, 0) is 17.6 Å². The highest BCUT2D eigenvalue weighted by Crippen LogP contribution is 2.40. The number of hydrazine groups is 1. The molecule has 0 aliphatic heterocycles. The lowest BCUT2D eigenvalue weighted by Gasteiger charge is -2.18. The summed E-state index contributed by atoms with van der Waals surface area (Å²) in [6.45, 7) is -0.0128. The average molecular weight is 379 g/mol. The van der Waals surface area contributed by atoms with E-state index in [0.29, 0.717) is 5.92 Å². The Kier molecular flexibility index (Phi) is 5.83. The highest BCUT2D eigenvalue weighted by molar-refractivity contribution is 5.77. The van der Waals surface area contributed by atoms with Crippen molar-refractivity contribution in [3.8, 4) is 5.75 Å². The molecular weight excluding hydrogens is 359 g/mol. The van der Waals surface area contributed by atoms with Crippen LogP contribution < -0.4 is 15.6 Å². The van der Waals surface area contributed by atoms with Crippen molar-refractivity contribution in [2.24, 2.45) is 5.92 Å². The van der Waals surface area contributed by atoms with Crippen molar-refractivity contribution < 1.29 is 22.7 Å². The Labute approximate surface area is 154 Å². The molecule has 0 atom stereocenters. The molecular formula is C19H20F3N3O2. The Balaban J connectivity index is 1.69. The van der Waals surface area contributed by atoms with E-state index in [1.54, 1.807) is 24.3 Å². The zero-order valence-electron chi connectivity index (χ0n) is 14.6. The number of rotatable bonds is 8. The van der Waals surface area contributed by atoms with Crippen LogP contribution >= 0.6 is 0 Å². The van der Waals surface area contributed by atoms with Gasteiger partial charge in [-0.3, -0.25) is 15.6 Å². The van der Waals surface area contributed by atoms with Gasteiger partial charge in [0.1, 0.15) is 17.9 Å². The standard InChI is InChI=1S/C19H20F3N3O2/c20-19(21,22)17-15(27-12-14-4-2-1-3-5-14)10-11-23-18(17)25-24-16(26)9-8-13-6-7-13/h1-5,10-11,13H,6-9,12H2,(H,23,25)(H,24,26). The summed E-state index contributed by atoms with van der Waals surface area (Å²) in [7, 11) is 0. The molecule has 0 unspecified atom stereocenters. The minimum absolute atomic E-state index is 0.0128. The summed E-state index contributed by atoms with van der Waals surface area (Å²) < 4.78 is 46.0. The van der Waals surface area contributed by atoms with Gasteiger partial charge in [0.25, 0.3) is 0 Å². The molecule has 0 bridgehead atoms. The van der Waals surface area contributed by atoms with Crippen LogP contribution in [0.1, 0.15) is 36.8 Å². The molecule has 0 spiro atoms. The van der Waals surface area contributed by atoms with Gasteiger partial charge in [0.15, 0.2) is 5.82 Å². The van der Waals surface area contributed by atoms with Crippen molar-refractivity contribution in [2.75, 3.05) is 5.43 Å². The van der Waals surface area contributed by atoms with Gasteiger partial charge in [-0.05, 0) is 24.0 Å². The normalized spacial score (nSPS) is 13.9. The lowest BCUT2D eigenvalue weighted by Crippen LogP contribution is -2.31. The third kappa shape index (κ3) is 5.60. The number of anilines is 1. The van der Waals surface area contributed by atoms with Gasteiger partial charge in [-0.2, -0.15) is 13.2 Å². The third-order valence-electron chi connectivity index (χ3n) is 4.23. The number of pyridine rings is 1. The number of nitrogens with zero attached hydrogens (tertiary/aromatic N) is 1. The Morgan fingerprint density at radius 2 is 1.93 bits per heavy atom. The van der Waals surface area contributed by atoms with E-state index in [0.717, 1.165) is 30.9 Å². The van der Waals surface area contributed by atoms with Crippen LogP contribution in [0.15, 0.2) is 42.6 Å². The largest absolute Gasteiger partial charge is 0.488 e. The van der Waals surface area contributed by atoms with Gasteiger partial charge in [0, 0.05) is 12.6 Å². The SMILES string of the molecule is O=C(CCC1CC1)NNc1nccc(OCc2ccccc2)c1C(F)(F)F. The summed E-state index contributed by atoms with van der Waals surface area (Å²) in [5, 5.41) is 0. The second-order valence-electron chi connectivity index (χ2n) is 6.46. The minimum Gasteiger partial charge on any atom is -0.488 e. The molecule has 0 radical (unpaired) electrons. The number of hydrogen-bond donors (Lipinski definition) is 2. The van der Waals surface area contributed by atoms with E-state index in [1.165, 1.54) is 6.20 Å². The molecule has 8 heteroatoms. The quantitative estimate of drug-likeness (QED) is 0.671. The maximum absolute atomic E-state index is 13.5. The van der Waals surface area contributed by atoms with Gasteiger partial charge in [-0.25, -0.2) is 4.98 Å². The zero-order valence-corrected chi connectivity index (χ0v) is 14.6. The number of carbonyl (C=O) groups excluding carboxylic acids is 1. The number of halogens is 3. The van der Waals surface area contributed by atoms with Crippen molar-refractivity contribution in [3.05, 3.63) is 53.7 Å². The first-order chi connectivity index (χ1) is 12.9. The van der Waals surface area contributed by atoms with E-state index in [4.69, 9.17) is 4.74 Å². The molecule has 2 aromatic rings. The first-order valence-electron chi connectivity index (χ1n) is 8.71. The van der Waals surface area contributed by atoms with Gasteiger partial charge >= 0.3 is 6.18 Å². The Hall–Kier alpha value is -2.77. The summed E-state index contributed by atoms with van der Waals surface area (Å²) in [4.78, 5) is 15.5. The number of alkyl halides is 3. The van der Waals surface area contributed by atoms with E-state index in [9.17, 15) is 18.0 Å². The summed E-state index contributed by atoms with van der Waals surface area (Å²) in [5.41, 5.74) is 4.27. The summed E-state index contributed by atoms with van der Waals surface area (Å²) in [6, 6.07) is 10.0. The van der Waals surface area contributed by atoms with Crippen molar-refractivity contribution >= 4 is 11.7 Å². The molecule has 1 fully saturated rings. The molecule has 1 aliphatic carbocycles. The topological polar surface area (TPSA) is 63.2 Å². The fourth-order valence-corrected chi connectivity index (χ4v) is 2.60. The van der Waals surface area contributed by atoms with Gasteiger partial charge in [0.05, 0.1) is 0 Å². The zero-order chi connectivity index (χ0) is 19.3. The molecule has 1 aromatic carbocycles. The summed E-state index contributed by atoms with van der Waals surface area (Å²) >= 11 is 0. The Morgan fingerprint density at radius 3 is 2.59 bits per heavy atom. The summed E-state index contributed by atoms with van der Waals surface area (Å²) in [5.74, 6) is -0.648. The number of nitrogens with one attached hydrogen (secondary N) is 2. The van der Waals surface area contributed by atoms with Gasteiger partial charge in [-0.15, -0.1) is 0 Å². The molecule has 27 heavy (non-hydrogen) atoms. The first-order valence-corrected chi connectivity index (χ1v) is 8.71. The van der Waals surface area contributed by atoms with Crippen LogP contribution in [0, 0.1) is 5.92 Å². The fourth-order valence-electron chi connectivity index (χ4n) is 2.60. The van der Waals surface area contributed by atoms with Crippen LogP contribution in [0.5, 0.6) is 5.75 Å². The Bertz CT molecular complexity index is 778. The Morgan fingerprint density at radius 1 is 1.19 bits per heavy atom. The molecule has 2 N–H and O–H groups in total. The van der Waals surface area contributed by atoms with Crippen LogP contribution in [0.2, 0.25) is 0 Å². The maximum atomic E-state index is 13.5. The molecule has 1 saturated carbocycles. The summed E-state index contributed by atoms with van der Waals surface area (Å²) in [6.07, 6.45) is -0.255. The van der Waals surface area contributed by atoms with E-state index in [-0.39, 0.29) is 24.7 Å². The molecule has 3 rings (SSSR count). The monoisotopic (exact) mass is 379 g/mol. The predicted octanol–water partition coefficient (Wildman–Crippen LogP) is 4.31. The second kappa shape index (κ2) is 8.28. The number of amides is 1. The lowest BCUT2D eigenvalue weighted by atomic mass is 10.2. The minimum atomic E-state index is -4.69. The average Bonchev–Trinajstić information content (AvgIpc) is 3.47. The molecule has 1 aromatic heterocycles. The van der Waals surface area contributed by atoms with E-state index in [2.05, 4.69) is 15.8 Å². The van der Waals surface area contributed by atoms with E-state index >= 15 is 0 Å². The van der Waals surface area contributed by atoms with E-state index in [1.807, 2.05) is 6.07 Å². The van der Waals surface area contributed by atoms with Gasteiger partial charge in [-0.1, -0.05) is 43.2 Å². The van der Waals surface area contributed by atoms with E-state index < -0.39 is 17.6 Å². The third-order valence-corrected chi connectivity index (χ3v) is 4.23. The number of carbonyl (C=O) groups is 1. The van der Waals surface area contributed by atoms with Crippen molar-refractivity contribution in [3.63, 3.8) is 0 Å². The first kappa shape index (κ1) is 19.0. The van der Waals surface area contributed by atoms with Crippen LogP contribution in [0.4, 0.5) is 19.0 Å². The van der Waals surface area contributed by atoms with Gasteiger partial charge < -0.3 is 4.74 Å². The van der Waals surface area contributed by atoms with Crippen LogP contribution in [0.25, 0.3) is 0 Å². The molecule has 1 aliphatic rings. The number of benzene rings is 1. The molecule has 5 nitrogen and oxygen atoms in total. The van der Waals surface area contributed by atoms with Gasteiger partial charge in [0.2, 0.25) is 5.91 Å². The van der Waals surface area contributed by atoms with Crippen molar-refractivity contribution in [1.29, 1.82) is 0 Å². The van der Waals surface area contributed by atoms with Crippen molar-refractivity contribution in [2.45, 2.75) is 38.5 Å². The van der Waals surface area contributed by atoms with Crippen LogP contribution in [0.3, 0.4) is 0 Å². The maximum Gasteiger partial charge on any atom is 0.423 e. The highest BCUT2D eigenvalue weighted by Gasteiger charge is 2.38. The predicted molar refractivity (Wildman–Crippen MR) is 93.7 cm³/mol. The molecule has 1 heterocycles. The molecule has 144 valence electrons.